The minimum absolute atomic E-state index is 0.116. The van der Waals surface area contributed by atoms with E-state index in [2.05, 4.69) is 5.32 Å². The lowest BCUT2D eigenvalue weighted by atomic mass is 9.86. The third kappa shape index (κ3) is 5.62. The van der Waals surface area contributed by atoms with Crippen LogP contribution in [0.3, 0.4) is 0 Å². The predicted octanol–water partition coefficient (Wildman–Crippen LogP) is 2.96. The molecule has 1 atom stereocenters. The predicted molar refractivity (Wildman–Crippen MR) is 74.8 cm³/mol. The van der Waals surface area contributed by atoms with Gasteiger partial charge in [-0.15, -0.1) is 0 Å². The third-order valence-electron chi connectivity index (χ3n) is 3.87. The van der Waals surface area contributed by atoms with Gasteiger partial charge in [0.15, 0.2) is 0 Å². The van der Waals surface area contributed by atoms with Crippen LogP contribution in [0.15, 0.2) is 0 Å². The second-order valence-electron chi connectivity index (χ2n) is 6.77. The molecule has 1 amide bonds. The van der Waals surface area contributed by atoms with Crippen LogP contribution in [0, 0.1) is 11.3 Å². The zero-order valence-electron chi connectivity index (χ0n) is 12.4. The molecule has 4 nitrogen and oxygen atoms in total. The largest absolute Gasteiger partial charge is 0.480 e. The van der Waals surface area contributed by atoms with E-state index in [0.717, 1.165) is 12.8 Å². The molecule has 4 heteroatoms. The fraction of sp³-hybridized carbons (Fsp3) is 0.867. The number of carbonyl (C=O) groups is 2. The van der Waals surface area contributed by atoms with Crippen molar-refractivity contribution in [2.45, 2.75) is 71.8 Å². The Hall–Kier alpha value is -1.06. The third-order valence-corrected chi connectivity index (χ3v) is 3.87. The molecule has 0 heterocycles. The Bertz CT molecular complexity index is 312. The van der Waals surface area contributed by atoms with Gasteiger partial charge in [0, 0.05) is 6.42 Å². The smallest absolute Gasteiger partial charge is 0.326 e. The minimum Gasteiger partial charge on any atom is -0.480 e. The van der Waals surface area contributed by atoms with Crippen molar-refractivity contribution in [1.82, 2.24) is 5.32 Å². The van der Waals surface area contributed by atoms with E-state index >= 15 is 0 Å². The first-order chi connectivity index (χ1) is 8.80. The van der Waals surface area contributed by atoms with Crippen molar-refractivity contribution >= 4 is 11.9 Å². The highest BCUT2D eigenvalue weighted by Crippen LogP contribution is 2.26. The van der Waals surface area contributed by atoms with E-state index in [1.807, 2.05) is 20.8 Å². The lowest BCUT2D eigenvalue weighted by Gasteiger charge is -2.28. The quantitative estimate of drug-likeness (QED) is 0.771. The average molecular weight is 269 g/mol. The van der Waals surface area contributed by atoms with Gasteiger partial charge in [-0.05, 0) is 24.2 Å². The van der Waals surface area contributed by atoms with Crippen LogP contribution in [0.5, 0.6) is 0 Å². The minimum atomic E-state index is -0.957. The summed E-state index contributed by atoms with van der Waals surface area (Å²) < 4.78 is 0. The maximum atomic E-state index is 12.0. The molecule has 0 radical (unpaired) electrons. The number of hydrogen-bond donors (Lipinski definition) is 2. The van der Waals surface area contributed by atoms with Gasteiger partial charge in [0.05, 0.1) is 0 Å². The Morgan fingerprint density at radius 2 is 1.68 bits per heavy atom. The summed E-state index contributed by atoms with van der Waals surface area (Å²) in [4.78, 5) is 23.2. The Balaban J connectivity index is 2.50. The van der Waals surface area contributed by atoms with Crippen molar-refractivity contribution in [1.29, 1.82) is 0 Å². The topological polar surface area (TPSA) is 66.4 Å². The number of carbonyl (C=O) groups excluding carboxylic acids is 1. The molecule has 1 aliphatic carbocycles. The Labute approximate surface area is 116 Å². The van der Waals surface area contributed by atoms with Crippen LogP contribution in [-0.4, -0.2) is 23.0 Å². The molecule has 1 saturated carbocycles. The summed E-state index contributed by atoms with van der Waals surface area (Å²) in [6.45, 7) is 5.49. The van der Waals surface area contributed by atoms with Gasteiger partial charge < -0.3 is 10.4 Å². The molecule has 1 rings (SSSR count). The van der Waals surface area contributed by atoms with E-state index in [1.165, 1.54) is 25.7 Å². The number of carboxylic acids is 1. The molecular formula is C15H27NO3. The second-order valence-corrected chi connectivity index (χ2v) is 6.77. The molecule has 0 aromatic carbocycles. The molecule has 1 fully saturated rings. The van der Waals surface area contributed by atoms with Crippen LogP contribution in [0.25, 0.3) is 0 Å². The van der Waals surface area contributed by atoms with Gasteiger partial charge in [-0.25, -0.2) is 4.79 Å². The first-order valence-electron chi connectivity index (χ1n) is 7.33. The van der Waals surface area contributed by atoms with Gasteiger partial charge >= 0.3 is 5.97 Å². The molecule has 1 aliphatic rings. The standard InChI is InChI=1S/C15H27NO3/c1-15(2,3)13(14(18)19)16-12(17)10-11-8-6-4-5-7-9-11/h11,13H,4-10H2,1-3H3,(H,16,17)(H,18,19)/t13-/m0/s1. The van der Waals surface area contributed by atoms with E-state index < -0.39 is 17.4 Å². The van der Waals surface area contributed by atoms with Crippen LogP contribution in [0.4, 0.5) is 0 Å². The zero-order chi connectivity index (χ0) is 14.5. The van der Waals surface area contributed by atoms with Crippen LogP contribution < -0.4 is 5.32 Å². The second kappa shape index (κ2) is 6.92. The van der Waals surface area contributed by atoms with E-state index in [4.69, 9.17) is 0 Å². The van der Waals surface area contributed by atoms with Gasteiger partial charge in [-0.2, -0.15) is 0 Å². The van der Waals surface area contributed by atoms with Gasteiger partial charge in [0.1, 0.15) is 6.04 Å². The molecule has 0 aliphatic heterocycles. The van der Waals surface area contributed by atoms with Crippen molar-refractivity contribution in [3.05, 3.63) is 0 Å². The van der Waals surface area contributed by atoms with Crippen LogP contribution in [-0.2, 0) is 9.59 Å². The Morgan fingerprint density at radius 1 is 1.16 bits per heavy atom. The maximum absolute atomic E-state index is 12.0. The highest BCUT2D eigenvalue weighted by atomic mass is 16.4. The number of rotatable bonds is 4. The van der Waals surface area contributed by atoms with Crippen molar-refractivity contribution in [2.75, 3.05) is 0 Å². The summed E-state index contributed by atoms with van der Waals surface area (Å²) in [6.07, 6.45) is 7.58. The number of amides is 1. The highest BCUT2D eigenvalue weighted by Gasteiger charge is 2.32. The summed E-state index contributed by atoms with van der Waals surface area (Å²) in [5.41, 5.74) is -0.467. The molecule has 2 N–H and O–H groups in total. The van der Waals surface area contributed by atoms with Crippen LogP contribution in [0.2, 0.25) is 0 Å². The molecule has 0 spiro atoms. The fourth-order valence-corrected chi connectivity index (χ4v) is 2.70. The molecule has 0 bridgehead atoms. The normalized spacial score (nSPS) is 19.5. The summed E-state index contributed by atoms with van der Waals surface area (Å²) >= 11 is 0. The molecular weight excluding hydrogens is 242 g/mol. The molecule has 19 heavy (non-hydrogen) atoms. The SMILES string of the molecule is CC(C)(C)[C@@H](NC(=O)CC1CCCCCC1)C(=O)O. The molecule has 0 saturated heterocycles. The monoisotopic (exact) mass is 269 g/mol. The lowest BCUT2D eigenvalue weighted by molar-refractivity contribution is -0.145. The first-order valence-corrected chi connectivity index (χ1v) is 7.33. The fourth-order valence-electron chi connectivity index (χ4n) is 2.70. The van der Waals surface area contributed by atoms with Gasteiger partial charge in [-0.1, -0.05) is 46.5 Å². The summed E-state index contributed by atoms with van der Waals surface area (Å²) in [5.74, 6) is -0.646. The summed E-state index contributed by atoms with van der Waals surface area (Å²) in [6, 6.07) is -0.814. The van der Waals surface area contributed by atoms with Gasteiger partial charge in [-0.3, -0.25) is 4.79 Å². The number of nitrogens with one attached hydrogen (secondary N) is 1. The highest BCUT2D eigenvalue weighted by molar-refractivity contribution is 5.84. The van der Waals surface area contributed by atoms with Gasteiger partial charge in [0.2, 0.25) is 5.91 Å². The van der Waals surface area contributed by atoms with Crippen molar-refractivity contribution in [3.8, 4) is 0 Å². The lowest BCUT2D eigenvalue weighted by Crippen LogP contribution is -2.49. The van der Waals surface area contributed by atoms with E-state index in [9.17, 15) is 14.7 Å². The molecule has 0 unspecified atom stereocenters. The van der Waals surface area contributed by atoms with E-state index in [1.54, 1.807) is 0 Å². The molecule has 110 valence electrons. The average Bonchev–Trinajstić information content (AvgIpc) is 2.52. The Kier molecular flexibility index (Phi) is 5.83. The van der Waals surface area contributed by atoms with E-state index in [-0.39, 0.29) is 5.91 Å². The number of carboxylic acid groups (broad SMARTS) is 1. The van der Waals surface area contributed by atoms with Crippen molar-refractivity contribution < 1.29 is 14.7 Å². The number of hydrogen-bond acceptors (Lipinski definition) is 2. The zero-order valence-corrected chi connectivity index (χ0v) is 12.4. The summed E-state index contributed by atoms with van der Waals surface area (Å²) in [7, 11) is 0. The Morgan fingerprint density at radius 3 is 2.11 bits per heavy atom. The summed E-state index contributed by atoms with van der Waals surface area (Å²) in [5, 5.41) is 11.9. The maximum Gasteiger partial charge on any atom is 0.326 e. The van der Waals surface area contributed by atoms with Crippen molar-refractivity contribution in [2.24, 2.45) is 11.3 Å². The molecule has 0 aromatic rings. The molecule has 0 aromatic heterocycles. The van der Waals surface area contributed by atoms with Gasteiger partial charge in [0.25, 0.3) is 0 Å². The van der Waals surface area contributed by atoms with Crippen LogP contribution >= 0.6 is 0 Å². The van der Waals surface area contributed by atoms with E-state index in [0.29, 0.717) is 12.3 Å². The first kappa shape index (κ1) is 16.0. The van der Waals surface area contributed by atoms with Crippen LogP contribution in [0.1, 0.15) is 65.7 Å². The van der Waals surface area contributed by atoms with Crippen molar-refractivity contribution in [3.63, 3.8) is 0 Å². The number of aliphatic carboxylic acids is 1.